The fourth-order valence-electron chi connectivity index (χ4n) is 3.29. The number of anilines is 3. The molecular weight excluding hydrogens is 316 g/mol. The molecule has 2 aromatic rings. The Kier molecular flexibility index (Phi) is 4.70. The van der Waals surface area contributed by atoms with E-state index in [1.807, 2.05) is 6.07 Å². The molecule has 0 bridgehead atoms. The Bertz CT molecular complexity index is 717. The fraction of sp³-hybridized carbons (Fsp3) is 0.474. The van der Waals surface area contributed by atoms with E-state index in [2.05, 4.69) is 41.0 Å². The van der Waals surface area contributed by atoms with E-state index in [0.717, 1.165) is 61.4 Å². The average Bonchev–Trinajstić information content (AvgIpc) is 3.11. The van der Waals surface area contributed by atoms with Gasteiger partial charge in [0, 0.05) is 25.3 Å². The van der Waals surface area contributed by atoms with Crippen molar-refractivity contribution in [2.24, 2.45) is 0 Å². The van der Waals surface area contributed by atoms with Crippen LogP contribution in [0.3, 0.4) is 0 Å². The first-order chi connectivity index (χ1) is 12.4. The largest absolute Gasteiger partial charge is 0.477 e. The van der Waals surface area contributed by atoms with Crippen LogP contribution < -0.4 is 14.5 Å². The van der Waals surface area contributed by atoms with Gasteiger partial charge in [-0.2, -0.15) is 9.97 Å². The SMILES string of the molecule is CCCOc1nc(N2CCOCC2)nc2c1CCN2c1ccccc1. The van der Waals surface area contributed by atoms with Crippen LogP contribution in [0.5, 0.6) is 5.88 Å². The zero-order valence-electron chi connectivity index (χ0n) is 14.6. The molecule has 0 atom stereocenters. The molecule has 1 fully saturated rings. The molecule has 6 heteroatoms. The molecule has 0 unspecified atom stereocenters. The summed E-state index contributed by atoms with van der Waals surface area (Å²) in [5.41, 5.74) is 2.28. The van der Waals surface area contributed by atoms with Crippen molar-refractivity contribution in [2.45, 2.75) is 19.8 Å². The van der Waals surface area contributed by atoms with Gasteiger partial charge in [-0.15, -0.1) is 0 Å². The van der Waals surface area contributed by atoms with Crippen LogP contribution in [0.25, 0.3) is 0 Å². The minimum atomic E-state index is 0.678. The van der Waals surface area contributed by atoms with Crippen molar-refractivity contribution in [3.63, 3.8) is 0 Å². The number of morpholine rings is 1. The summed E-state index contributed by atoms with van der Waals surface area (Å²) in [6, 6.07) is 10.4. The van der Waals surface area contributed by atoms with E-state index in [1.165, 1.54) is 0 Å². The van der Waals surface area contributed by atoms with Crippen LogP contribution in [0.4, 0.5) is 17.5 Å². The third-order valence-corrected chi connectivity index (χ3v) is 4.58. The molecule has 1 aromatic heterocycles. The quantitative estimate of drug-likeness (QED) is 0.834. The zero-order valence-corrected chi connectivity index (χ0v) is 14.6. The summed E-state index contributed by atoms with van der Waals surface area (Å²) in [4.78, 5) is 14.1. The first kappa shape index (κ1) is 16.1. The van der Waals surface area contributed by atoms with Crippen molar-refractivity contribution in [3.05, 3.63) is 35.9 Å². The summed E-state index contributed by atoms with van der Waals surface area (Å²) in [5.74, 6) is 2.47. The number of benzene rings is 1. The van der Waals surface area contributed by atoms with Crippen LogP contribution in [-0.4, -0.2) is 49.4 Å². The second-order valence-corrected chi connectivity index (χ2v) is 6.32. The number of nitrogens with zero attached hydrogens (tertiary/aromatic N) is 4. The highest BCUT2D eigenvalue weighted by Gasteiger charge is 2.29. The molecule has 0 aliphatic carbocycles. The van der Waals surface area contributed by atoms with Gasteiger partial charge in [-0.25, -0.2) is 0 Å². The Labute approximate surface area is 148 Å². The van der Waals surface area contributed by atoms with Gasteiger partial charge in [0.05, 0.1) is 25.4 Å². The van der Waals surface area contributed by atoms with Crippen molar-refractivity contribution in [3.8, 4) is 5.88 Å². The molecule has 1 aromatic carbocycles. The monoisotopic (exact) mass is 340 g/mol. The summed E-state index contributed by atoms with van der Waals surface area (Å²) >= 11 is 0. The zero-order chi connectivity index (χ0) is 17.1. The van der Waals surface area contributed by atoms with Crippen LogP contribution in [0.2, 0.25) is 0 Å². The maximum atomic E-state index is 5.98. The lowest BCUT2D eigenvalue weighted by molar-refractivity contribution is 0.122. The first-order valence-electron chi connectivity index (χ1n) is 9.06. The second-order valence-electron chi connectivity index (χ2n) is 6.32. The van der Waals surface area contributed by atoms with Crippen molar-refractivity contribution >= 4 is 17.5 Å². The molecule has 0 N–H and O–H groups in total. The lowest BCUT2D eigenvalue weighted by Crippen LogP contribution is -2.37. The lowest BCUT2D eigenvalue weighted by Gasteiger charge is -2.28. The highest BCUT2D eigenvalue weighted by atomic mass is 16.5. The summed E-state index contributed by atoms with van der Waals surface area (Å²) in [6.07, 6.45) is 1.88. The summed E-state index contributed by atoms with van der Waals surface area (Å²) < 4.78 is 11.4. The molecule has 1 saturated heterocycles. The van der Waals surface area contributed by atoms with E-state index < -0.39 is 0 Å². The second kappa shape index (κ2) is 7.27. The normalized spacial score (nSPS) is 16.8. The van der Waals surface area contributed by atoms with E-state index in [-0.39, 0.29) is 0 Å². The van der Waals surface area contributed by atoms with Gasteiger partial charge >= 0.3 is 0 Å². The third-order valence-electron chi connectivity index (χ3n) is 4.58. The Morgan fingerprint density at radius 2 is 1.88 bits per heavy atom. The summed E-state index contributed by atoms with van der Waals surface area (Å²) in [7, 11) is 0. The number of ether oxygens (including phenoxy) is 2. The van der Waals surface area contributed by atoms with Gasteiger partial charge in [-0.3, -0.25) is 0 Å². The molecule has 2 aliphatic heterocycles. The van der Waals surface area contributed by atoms with E-state index in [0.29, 0.717) is 19.8 Å². The van der Waals surface area contributed by atoms with Crippen molar-refractivity contribution < 1.29 is 9.47 Å². The fourth-order valence-corrected chi connectivity index (χ4v) is 3.29. The first-order valence-corrected chi connectivity index (χ1v) is 9.06. The smallest absolute Gasteiger partial charge is 0.230 e. The maximum absolute atomic E-state index is 5.98. The number of aromatic nitrogens is 2. The molecule has 2 aliphatic rings. The number of hydrogen-bond acceptors (Lipinski definition) is 6. The highest BCUT2D eigenvalue weighted by molar-refractivity contribution is 5.69. The minimum absolute atomic E-state index is 0.678. The molecular formula is C19H24N4O2. The van der Waals surface area contributed by atoms with Crippen LogP contribution in [-0.2, 0) is 11.2 Å². The van der Waals surface area contributed by atoms with Crippen molar-refractivity contribution in [2.75, 3.05) is 49.3 Å². The Morgan fingerprint density at radius 1 is 1.08 bits per heavy atom. The lowest BCUT2D eigenvalue weighted by atomic mass is 10.2. The van der Waals surface area contributed by atoms with Gasteiger partial charge in [-0.1, -0.05) is 25.1 Å². The van der Waals surface area contributed by atoms with Gasteiger partial charge < -0.3 is 19.3 Å². The van der Waals surface area contributed by atoms with E-state index >= 15 is 0 Å². The molecule has 6 nitrogen and oxygen atoms in total. The minimum Gasteiger partial charge on any atom is -0.477 e. The molecule has 0 radical (unpaired) electrons. The Balaban J connectivity index is 1.73. The van der Waals surface area contributed by atoms with Gasteiger partial charge in [0.1, 0.15) is 5.82 Å². The molecule has 132 valence electrons. The van der Waals surface area contributed by atoms with Gasteiger partial charge in [0.25, 0.3) is 0 Å². The number of hydrogen-bond donors (Lipinski definition) is 0. The average molecular weight is 340 g/mol. The molecule has 25 heavy (non-hydrogen) atoms. The third kappa shape index (κ3) is 3.26. The summed E-state index contributed by atoms with van der Waals surface area (Å²) in [5, 5.41) is 0. The topological polar surface area (TPSA) is 50.7 Å². The predicted molar refractivity (Wildman–Crippen MR) is 98.0 cm³/mol. The van der Waals surface area contributed by atoms with Crippen LogP contribution in [0.1, 0.15) is 18.9 Å². The van der Waals surface area contributed by atoms with E-state index in [4.69, 9.17) is 19.4 Å². The molecule has 0 spiro atoms. The Hall–Kier alpha value is -2.34. The highest BCUT2D eigenvalue weighted by Crippen LogP contribution is 2.38. The maximum Gasteiger partial charge on any atom is 0.230 e. The van der Waals surface area contributed by atoms with Gasteiger partial charge in [0.15, 0.2) is 0 Å². The van der Waals surface area contributed by atoms with Crippen LogP contribution in [0, 0.1) is 0 Å². The van der Waals surface area contributed by atoms with E-state index in [1.54, 1.807) is 0 Å². The number of fused-ring (bicyclic) bond motifs is 1. The predicted octanol–water partition coefficient (Wildman–Crippen LogP) is 2.80. The van der Waals surface area contributed by atoms with Gasteiger partial charge in [-0.05, 0) is 25.0 Å². The van der Waals surface area contributed by atoms with Crippen LogP contribution >= 0.6 is 0 Å². The molecule has 0 amide bonds. The molecule has 4 rings (SSSR count). The van der Waals surface area contributed by atoms with Crippen LogP contribution in [0.15, 0.2) is 30.3 Å². The standard InChI is InChI=1S/C19H24N4O2/c1-2-12-25-18-16-8-9-23(15-6-4-3-5-7-15)17(16)20-19(21-18)22-10-13-24-14-11-22/h3-7H,2,8-14H2,1H3. The molecule has 0 saturated carbocycles. The van der Waals surface area contributed by atoms with Gasteiger partial charge in [0.2, 0.25) is 11.8 Å². The van der Waals surface area contributed by atoms with Crippen molar-refractivity contribution in [1.29, 1.82) is 0 Å². The Morgan fingerprint density at radius 3 is 2.64 bits per heavy atom. The van der Waals surface area contributed by atoms with E-state index in [9.17, 15) is 0 Å². The van der Waals surface area contributed by atoms with Crippen molar-refractivity contribution in [1.82, 2.24) is 9.97 Å². The summed E-state index contributed by atoms with van der Waals surface area (Å²) in [6.45, 7) is 6.76. The number of para-hydroxylation sites is 1. The number of rotatable bonds is 5. The molecule has 3 heterocycles.